The summed E-state index contributed by atoms with van der Waals surface area (Å²) in [4.78, 5) is 37.2. The van der Waals surface area contributed by atoms with E-state index in [0.29, 0.717) is 37.7 Å². The third-order valence-electron chi connectivity index (χ3n) is 5.45. The second-order valence-corrected chi connectivity index (χ2v) is 7.92. The number of carbonyl (C=O) groups is 1. The first kappa shape index (κ1) is 20.2. The third kappa shape index (κ3) is 4.19. The molecule has 9 nitrogen and oxygen atoms in total. The van der Waals surface area contributed by atoms with Crippen molar-refractivity contribution in [3.63, 3.8) is 0 Å². The van der Waals surface area contributed by atoms with Gasteiger partial charge in [-0.25, -0.2) is 14.8 Å². The number of amides is 2. The highest BCUT2D eigenvalue weighted by molar-refractivity contribution is 6.30. The number of aromatic amines is 1. The summed E-state index contributed by atoms with van der Waals surface area (Å²) < 4.78 is 0. The number of H-pyrrole nitrogens is 1. The Balaban J connectivity index is 1.24. The van der Waals surface area contributed by atoms with Crippen molar-refractivity contribution in [3.8, 4) is 11.3 Å². The molecule has 1 aliphatic heterocycles. The lowest BCUT2D eigenvalue weighted by atomic mass is 10.2. The van der Waals surface area contributed by atoms with Crippen LogP contribution < -0.4 is 10.2 Å². The summed E-state index contributed by atoms with van der Waals surface area (Å²) >= 11 is 5.85. The molecule has 1 fully saturated rings. The number of piperazine rings is 1. The average molecular weight is 449 g/mol. The number of halogens is 1. The Morgan fingerprint density at radius 3 is 2.72 bits per heavy atom. The van der Waals surface area contributed by atoms with Gasteiger partial charge in [-0.15, -0.1) is 0 Å². The zero-order valence-corrected chi connectivity index (χ0v) is 18.0. The maximum Gasteiger partial charge on any atom is 0.317 e. The van der Waals surface area contributed by atoms with Crippen LogP contribution in [0.15, 0.2) is 55.2 Å². The molecule has 0 aromatic carbocycles. The van der Waals surface area contributed by atoms with E-state index in [2.05, 4.69) is 41.2 Å². The van der Waals surface area contributed by atoms with Gasteiger partial charge in [0.1, 0.15) is 17.8 Å². The molecule has 0 unspecified atom stereocenters. The Labute approximate surface area is 189 Å². The SMILES string of the molecule is O=C(NCc1ccc(Cl)cn1)N1CCN(c2ncnc3[nH]c(-c4cccnc4)cc23)CC1. The molecular formula is C22H21ClN8O. The van der Waals surface area contributed by atoms with Crippen LogP contribution in [-0.4, -0.2) is 62.0 Å². The fourth-order valence-electron chi connectivity index (χ4n) is 3.77. The second-order valence-electron chi connectivity index (χ2n) is 7.48. The molecule has 1 saturated heterocycles. The van der Waals surface area contributed by atoms with Crippen LogP contribution in [0, 0.1) is 0 Å². The minimum atomic E-state index is -0.102. The quantitative estimate of drug-likeness (QED) is 0.497. The number of pyridine rings is 2. The lowest BCUT2D eigenvalue weighted by Crippen LogP contribution is -2.52. The van der Waals surface area contributed by atoms with Crippen molar-refractivity contribution in [1.29, 1.82) is 0 Å². The molecule has 0 radical (unpaired) electrons. The lowest BCUT2D eigenvalue weighted by Gasteiger charge is -2.35. The molecule has 10 heteroatoms. The minimum absolute atomic E-state index is 0.102. The van der Waals surface area contributed by atoms with Crippen LogP contribution >= 0.6 is 11.6 Å². The highest BCUT2D eigenvalue weighted by Crippen LogP contribution is 2.28. The van der Waals surface area contributed by atoms with Crippen molar-refractivity contribution in [3.05, 3.63) is 66.0 Å². The Morgan fingerprint density at radius 1 is 1.09 bits per heavy atom. The average Bonchev–Trinajstić information content (AvgIpc) is 3.29. The van der Waals surface area contributed by atoms with Crippen LogP contribution in [0.4, 0.5) is 10.6 Å². The molecule has 4 aromatic rings. The van der Waals surface area contributed by atoms with E-state index in [1.165, 1.54) is 0 Å². The Kier molecular flexibility index (Phi) is 5.55. The number of nitrogens with zero attached hydrogens (tertiary/aromatic N) is 6. The van der Waals surface area contributed by atoms with E-state index < -0.39 is 0 Å². The topological polar surface area (TPSA) is 103 Å². The summed E-state index contributed by atoms with van der Waals surface area (Å²) in [6.45, 7) is 2.94. The van der Waals surface area contributed by atoms with Gasteiger partial charge in [-0.3, -0.25) is 9.97 Å². The Hall–Kier alpha value is -3.72. The molecule has 0 spiro atoms. The minimum Gasteiger partial charge on any atom is -0.352 e. The van der Waals surface area contributed by atoms with Crippen LogP contribution in [-0.2, 0) is 6.54 Å². The zero-order chi connectivity index (χ0) is 21.9. The summed E-state index contributed by atoms with van der Waals surface area (Å²) in [5, 5.41) is 4.45. The van der Waals surface area contributed by atoms with E-state index in [-0.39, 0.29) is 6.03 Å². The van der Waals surface area contributed by atoms with E-state index in [1.807, 2.05) is 23.2 Å². The predicted octanol–water partition coefficient (Wildman–Crippen LogP) is 3.10. The molecule has 2 N–H and O–H groups in total. The number of carbonyl (C=O) groups excluding carboxylic acids is 1. The number of hydrogen-bond acceptors (Lipinski definition) is 6. The van der Waals surface area contributed by atoms with Crippen molar-refractivity contribution in [2.75, 3.05) is 31.1 Å². The molecule has 5 heterocycles. The fraction of sp³-hybridized carbons (Fsp3) is 0.227. The van der Waals surface area contributed by atoms with E-state index in [9.17, 15) is 4.79 Å². The molecule has 0 saturated carbocycles. The number of nitrogens with one attached hydrogen (secondary N) is 2. The molecule has 0 aliphatic carbocycles. The first-order valence-corrected chi connectivity index (χ1v) is 10.7. The van der Waals surface area contributed by atoms with Gasteiger partial charge >= 0.3 is 6.03 Å². The number of urea groups is 1. The smallest absolute Gasteiger partial charge is 0.317 e. The molecule has 162 valence electrons. The Morgan fingerprint density at radius 2 is 1.97 bits per heavy atom. The molecule has 32 heavy (non-hydrogen) atoms. The molecule has 0 atom stereocenters. The van der Waals surface area contributed by atoms with Gasteiger partial charge in [0.2, 0.25) is 0 Å². The number of anilines is 1. The second kappa shape index (κ2) is 8.80. The third-order valence-corrected chi connectivity index (χ3v) is 5.68. The van der Waals surface area contributed by atoms with Crippen molar-refractivity contribution in [2.45, 2.75) is 6.54 Å². The van der Waals surface area contributed by atoms with Crippen LogP contribution in [0.5, 0.6) is 0 Å². The van der Waals surface area contributed by atoms with Gasteiger partial charge < -0.3 is 20.1 Å². The van der Waals surface area contributed by atoms with E-state index in [0.717, 1.165) is 33.8 Å². The summed E-state index contributed by atoms with van der Waals surface area (Å²) in [7, 11) is 0. The summed E-state index contributed by atoms with van der Waals surface area (Å²) in [5.74, 6) is 0.867. The maximum atomic E-state index is 12.6. The summed E-state index contributed by atoms with van der Waals surface area (Å²) in [6.07, 6.45) is 6.71. The van der Waals surface area contributed by atoms with E-state index in [1.54, 1.807) is 30.9 Å². The normalized spacial score (nSPS) is 14.0. The largest absolute Gasteiger partial charge is 0.352 e. The number of aromatic nitrogens is 5. The standard InChI is InChI=1S/C22H21ClN8O/c23-16-3-4-17(25-12-16)13-26-22(32)31-8-6-30(7-9-31)21-18-10-19(15-2-1-5-24-11-15)29-20(18)27-14-28-21/h1-5,10-12,14H,6-9,13H2,(H,26,32)(H,27,28,29). The highest BCUT2D eigenvalue weighted by Gasteiger charge is 2.23. The highest BCUT2D eigenvalue weighted by atomic mass is 35.5. The molecule has 5 rings (SSSR count). The van der Waals surface area contributed by atoms with Crippen LogP contribution in [0.3, 0.4) is 0 Å². The predicted molar refractivity (Wildman–Crippen MR) is 122 cm³/mol. The summed E-state index contributed by atoms with van der Waals surface area (Å²) in [6, 6.07) is 9.42. The van der Waals surface area contributed by atoms with E-state index >= 15 is 0 Å². The number of rotatable bonds is 4. The van der Waals surface area contributed by atoms with E-state index in [4.69, 9.17) is 11.6 Å². The fourth-order valence-corrected chi connectivity index (χ4v) is 3.88. The van der Waals surface area contributed by atoms with Gasteiger partial charge in [-0.1, -0.05) is 11.6 Å². The zero-order valence-electron chi connectivity index (χ0n) is 17.2. The van der Waals surface area contributed by atoms with Gasteiger partial charge in [-0.05, 0) is 30.3 Å². The molecule has 2 amide bonds. The van der Waals surface area contributed by atoms with Gasteiger partial charge in [0.05, 0.1) is 22.6 Å². The monoisotopic (exact) mass is 448 g/mol. The van der Waals surface area contributed by atoms with Gasteiger partial charge in [0, 0.05) is 56.0 Å². The van der Waals surface area contributed by atoms with Gasteiger partial charge in [0.15, 0.2) is 0 Å². The first-order chi connectivity index (χ1) is 15.7. The van der Waals surface area contributed by atoms with Crippen molar-refractivity contribution < 1.29 is 4.79 Å². The van der Waals surface area contributed by atoms with Gasteiger partial charge in [-0.2, -0.15) is 0 Å². The van der Waals surface area contributed by atoms with Crippen molar-refractivity contribution in [1.82, 2.24) is 35.1 Å². The lowest BCUT2D eigenvalue weighted by molar-refractivity contribution is 0.193. The number of hydrogen-bond donors (Lipinski definition) is 2. The molecule has 0 bridgehead atoms. The van der Waals surface area contributed by atoms with Crippen LogP contribution in [0.25, 0.3) is 22.3 Å². The Bertz CT molecular complexity index is 1220. The van der Waals surface area contributed by atoms with Gasteiger partial charge in [0.25, 0.3) is 0 Å². The summed E-state index contributed by atoms with van der Waals surface area (Å²) in [5.41, 5.74) is 3.49. The molecule has 1 aliphatic rings. The molecular weight excluding hydrogens is 428 g/mol. The maximum absolute atomic E-state index is 12.6. The number of fused-ring (bicyclic) bond motifs is 1. The van der Waals surface area contributed by atoms with Crippen molar-refractivity contribution in [2.24, 2.45) is 0 Å². The van der Waals surface area contributed by atoms with Crippen LogP contribution in [0.1, 0.15) is 5.69 Å². The molecule has 4 aromatic heterocycles. The first-order valence-electron chi connectivity index (χ1n) is 10.3. The van der Waals surface area contributed by atoms with Crippen LogP contribution in [0.2, 0.25) is 5.02 Å². The van der Waals surface area contributed by atoms with Crippen molar-refractivity contribution >= 4 is 34.5 Å².